The lowest BCUT2D eigenvalue weighted by Crippen LogP contribution is -1.94. The molecule has 0 spiro atoms. The second-order valence-electron chi connectivity index (χ2n) is 3.00. The number of rotatable bonds is 2. The summed E-state index contributed by atoms with van der Waals surface area (Å²) in [5.41, 5.74) is 1.94. The van der Waals surface area contributed by atoms with E-state index in [1.165, 1.54) is 0 Å². The normalized spacial score (nSPS) is 10.4. The van der Waals surface area contributed by atoms with Crippen LogP contribution >= 0.6 is 15.9 Å². The Bertz CT molecular complexity index is 423. The predicted octanol–water partition coefficient (Wildman–Crippen LogP) is 2.73. The summed E-state index contributed by atoms with van der Waals surface area (Å²) in [5, 5.41) is 9.10. The number of hydrogen-bond donors (Lipinski definition) is 1. The third-order valence-corrected chi connectivity index (χ3v) is 3.03. The predicted molar refractivity (Wildman–Crippen MR) is 59.4 cm³/mol. The number of halogens is 1. The van der Waals surface area contributed by atoms with E-state index in [9.17, 15) is 0 Å². The number of aliphatic hydroxyl groups is 1. The SMILES string of the molecule is OCc1cccc(-n2cccc2)c1Br. The lowest BCUT2D eigenvalue weighted by atomic mass is 10.2. The summed E-state index contributed by atoms with van der Waals surface area (Å²) >= 11 is 3.48. The van der Waals surface area contributed by atoms with Crippen LogP contribution in [-0.2, 0) is 6.61 Å². The molecule has 72 valence electrons. The maximum Gasteiger partial charge on any atom is 0.0693 e. The van der Waals surface area contributed by atoms with Crippen LogP contribution in [0.2, 0.25) is 0 Å². The van der Waals surface area contributed by atoms with Crippen molar-refractivity contribution >= 4 is 15.9 Å². The molecule has 0 radical (unpaired) electrons. The molecule has 2 rings (SSSR count). The molecule has 2 aromatic rings. The highest BCUT2D eigenvalue weighted by Gasteiger charge is 2.04. The van der Waals surface area contributed by atoms with Gasteiger partial charge in [0.25, 0.3) is 0 Å². The Kier molecular flexibility index (Phi) is 2.70. The number of nitrogens with zero attached hydrogens (tertiary/aromatic N) is 1. The van der Waals surface area contributed by atoms with Crippen molar-refractivity contribution in [2.75, 3.05) is 0 Å². The van der Waals surface area contributed by atoms with Crippen LogP contribution in [0.1, 0.15) is 5.56 Å². The van der Waals surface area contributed by atoms with Crippen LogP contribution in [0.5, 0.6) is 0 Å². The van der Waals surface area contributed by atoms with Gasteiger partial charge in [-0.2, -0.15) is 0 Å². The molecule has 0 aliphatic carbocycles. The van der Waals surface area contributed by atoms with Gasteiger partial charge in [-0.05, 0) is 39.7 Å². The molecule has 0 bridgehead atoms. The van der Waals surface area contributed by atoms with Crippen LogP contribution in [0.15, 0.2) is 47.2 Å². The van der Waals surface area contributed by atoms with Crippen LogP contribution in [0.4, 0.5) is 0 Å². The molecule has 1 aromatic heterocycles. The highest BCUT2D eigenvalue weighted by atomic mass is 79.9. The average Bonchev–Trinajstić information content (AvgIpc) is 2.71. The Morgan fingerprint density at radius 1 is 1.14 bits per heavy atom. The average molecular weight is 252 g/mol. The smallest absolute Gasteiger partial charge is 0.0693 e. The van der Waals surface area contributed by atoms with Gasteiger partial charge in [-0.15, -0.1) is 0 Å². The van der Waals surface area contributed by atoms with E-state index in [1.54, 1.807) is 0 Å². The number of hydrogen-bond acceptors (Lipinski definition) is 1. The molecule has 0 saturated heterocycles. The molecule has 14 heavy (non-hydrogen) atoms. The second kappa shape index (κ2) is 3.98. The summed E-state index contributed by atoms with van der Waals surface area (Å²) < 4.78 is 2.95. The third kappa shape index (κ3) is 1.61. The maximum absolute atomic E-state index is 9.10. The molecule has 1 heterocycles. The van der Waals surface area contributed by atoms with Crippen molar-refractivity contribution in [3.63, 3.8) is 0 Å². The molecular weight excluding hydrogens is 242 g/mol. The second-order valence-corrected chi connectivity index (χ2v) is 3.79. The largest absolute Gasteiger partial charge is 0.392 e. The van der Waals surface area contributed by atoms with Crippen molar-refractivity contribution in [1.82, 2.24) is 4.57 Å². The van der Waals surface area contributed by atoms with E-state index in [4.69, 9.17) is 5.11 Å². The van der Waals surface area contributed by atoms with Gasteiger partial charge in [0.15, 0.2) is 0 Å². The van der Waals surface area contributed by atoms with E-state index in [0.29, 0.717) is 0 Å². The minimum atomic E-state index is 0.0513. The Hall–Kier alpha value is -1.06. The Balaban J connectivity index is 2.54. The van der Waals surface area contributed by atoms with E-state index in [1.807, 2.05) is 47.3 Å². The van der Waals surface area contributed by atoms with Crippen molar-refractivity contribution in [3.05, 3.63) is 52.8 Å². The first-order valence-electron chi connectivity index (χ1n) is 4.34. The minimum Gasteiger partial charge on any atom is -0.392 e. The standard InChI is InChI=1S/C11H10BrNO/c12-11-9(8-14)4-3-5-10(11)13-6-1-2-7-13/h1-7,14H,8H2. The molecule has 0 atom stereocenters. The Morgan fingerprint density at radius 3 is 2.50 bits per heavy atom. The quantitative estimate of drug-likeness (QED) is 0.873. The van der Waals surface area contributed by atoms with Gasteiger partial charge in [0.05, 0.1) is 12.3 Å². The van der Waals surface area contributed by atoms with Gasteiger partial charge in [0.1, 0.15) is 0 Å². The van der Waals surface area contributed by atoms with Crippen LogP contribution in [-0.4, -0.2) is 9.67 Å². The molecule has 0 aliphatic rings. The van der Waals surface area contributed by atoms with Gasteiger partial charge in [-0.25, -0.2) is 0 Å². The molecule has 0 fully saturated rings. The Labute approximate surface area is 90.9 Å². The minimum absolute atomic E-state index is 0.0513. The number of benzene rings is 1. The fraction of sp³-hybridized carbons (Fsp3) is 0.0909. The molecule has 0 amide bonds. The lowest BCUT2D eigenvalue weighted by Gasteiger charge is -2.08. The van der Waals surface area contributed by atoms with E-state index in [2.05, 4.69) is 15.9 Å². The van der Waals surface area contributed by atoms with Gasteiger partial charge in [0, 0.05) is 16.9 Å². The monoisotopic (exact) mass is 251 g/mol. The van der Waals surface area contributed by atoms with Crippen molar-refractivity contribution < 1.29 is 5.11 Å². The van der Waals surface area contributed by atoms with Gasteiger partial charge in [-0.1, -0.05) is 12.1 Å². The van der Waals surface area contributed by atoms with Crippen molar-refractivity contribution in [2.45, 2.75) is 6.61 Å². The molecular formula is C11H10BrNO. The fourth-order valence-corrected chi connectivity index (χ4v) is 1.98. The summed E-state index contributed by atoms with van der Waals surface area (Å²) in [6, 6.07) is 9.78. The molecule has 2 nitrogen and oxygen atoms in total. The van der Waals surface area contributed by atoms with Crippen LogP contribution in [0.3, 0.4) is 0 Å². The molecule has 1 aromatic carbocycles. The zero-order valence-corrected chi connectivity index (χ0v) is 9.11. The summed E-state index contributed by atoms with van der Waals surface area (Å²) in [6.07, 6.45) is 3.95. The highest BCUT2D eigenvalue weighted by molar-refractivity contribution is 9.10. The number of aliphatic hydroxyl groups excluding tert-OH is 1. The Morgan fingerprint density at radius 2 is 1.86 bits per heavy atom. The topological polar surface area (TPSA) is 25.2 Å². The third-order valence-electron chi connectivity index (χ3n) is 2.11. The summed E-state index contributed by atoms with van der Waals surface area (Å²) in [4.78, 5) is 0. The van der Waals surface area contributed by atoms with Crippen molar-refractivity contribution in [2.24, 2.45) is 0 Å². The van der Waals surface area contributed by atoms with E-state index in [-0.39, 0.29) is 6.61 Å². The van der Waals surface area contributed by atoms with Gasteiger partial charge in [-0.3, -0.25) is 0 Å². The van der Waals surface area contributed by atoms with E-state index < -0.39 is 0 Å². The summed E-state index contributed by atoms with van der Waals surface area (Å²) in [6.45, 7) is 0.0513. The molecule has 0 aliphatic heterocycles. The maximum atomic E-state index is 9.10. The van der Waals surface area contributed by atoms with Gasteiger partial charge >= 0.3 is 0 Å². The van der Waals surface area contributed by atoms with Crippen molar-refractivity contribution in [1.29, 1.82) is 0 Å². The van der Waals surface area contributed by atoms with E-state index >= 15 is 0 Å². The molecule has 0 unspecified atom stereocenters. The lowest BCUT2D eigenvalue weighted by molar-refractivity contribution is 0.281. The zero-order valence-electron chi connectivity index (χ0n) is 7.52. The van der Waals surface area contributed by atoms with Gasteiger partial charge in [0.2, 0.25) is 0 Å². The van der Waals surface area contributed by atoms with Gasteiger partial charge < -0.3 is 9.67 Å². The zero-order chi connectivity index (χ0) is 9.97. The first-order valence-corrected chi connectivity index (χ1v) is 5.14. The molecule has 3 heteroatoms. The highest BCUT2D eigenvalue weighted by Crippen LogP contribution is 2.25. The van der Waals surface area contributed by atoms with Crippen molar-refractivity contribution in [3.8, 4) is 5.69 Å². The number of aromatic nitrogens is 1. The fourth-order valence-electron chi connectivity index (χ4n) is 1.38. The van der Waals surface area contributed by atoms with E-state index in [0.717, 1.165) is 15.7 Å². The summed E-state index contributed by atoms with van der Waals surface area (Å²) in [7, 11) is 0. The van der Waals surface area contributed by atoms with Crippen LogP contribution < -0.4 is 0 Å². The summed E-state index contributed by atoms with van der Waals surface area (Å²) in [5.74, 6) is 0. The molecule has 0 saturated carbocycles. The first kappa shape index (κ1) is 9.49. The molecule has 1 N–H and O–H groups in total. The first-order chi connectivity index (χ1) is 6.83. The van der Waals surface area contributed by atoms with Crippen LogP contribution in [0, 0.1) is 0 Å². The van der Waals surface area contributed by atoms with Crippen LogP contribution in [0.25, 0.3) is 5.69 Å².